The van der Waals surface area contributed by atoms with Gasteiger partial charge in [0.15, 0.2) is 0 Å². The first-order chi connectivity index (χ1) is 11.7. The zero-order valence-corrected chi connectivity index (χ0v) is 13.2. The predicted octanol–water partition coefficient (Wildman–Crippen LogP) is 2.90. The van der Waals surface area contributed by atoms with E-state index in [0.29, 0.717) is 11.6 Å². The molecule has 0 spiro atoms. The number of fused-ring (bicyclic) bond motifs is 1. The van der Waals surface area contributed by atoms with Crippen LogP contribution in [0.3, 0.4) is 0 Å². The van der Waals surface area contributed by atoms with Gasteiger partial charge in [0.2, 0.25) is 5.95 Å². The number of nitrogen functional groups attached to an aromatic ring is 1. The monoisotopic (exact) mass is 349 g/mol. The van der Waals surface area contributed by atoms with Crippen LogP contribution in [0, 0.1) is 0 Å². The van der Waals surface area contributed by atoms with Crippen LogP contribution in [0.4, 0.5) is 19.1 Å². The summed E-state index contributed by atoms with van der Waals surface area (Å²) in [7, 11) is 0. The molecule has 0 radical (unpaired) electrons. The maximum atomic E-state index is 13.3. The zero-order chi connectivity index (χ0) is 18.0. The molecule has 0 aliphatic heterocycles. The summed E-state index contributed by atoms with van der Waals surface area (Å²) in [4.78, 5) is 22.7. The molecule has 1 saturated carbocycles. The quantitative estimate of drug-likeness (QED) is 0.744. The van der Waals surface area contributed by atoms with E-state index >= 15 is 0 Å². The second-order valence-electron chi connectivity index (χ2n) is 6.47. The average molecular weight is 349 g/mol. The molecule has 3 aromatic heterocycles. The van der Waals surface area contributed by atoms with Gasteiger partial charge in [-0.05, 0) is 25.8 Å². The number of hydrogen-bond acceptors (Lipinski definition) is 4. The lowest BCUT2D eigenvalue weighted by molar-refractivity contribution is -0.137. The second-order valence-corrected chi connectivity index (χ2v) is 6.47. The van der Waals surface area contributed by atoms with E-state index in [1.54, 1.807) is 16.8 Å². The minimum atomic E-state index is -4.64. The maximum absolute atomic E-state index is 13.3. The van der Waals surface area contributed by atoms with Crippen LogP contribution in [0.2, 0.25) is 0 Å². The summed E-state index contributed by atoms with van der Waals surface area (Å²) < 4.78 is 41.5. The van der Waals surface area contributed by atoms with Crippen LogP contribution in [0.25, 0.3) is 22.2 Å². The van der Waals surface area contributed by atoms with E-state index in [0.717, 1.165) is 12.8 Å². The summed E-state index contributed by atoms with van der Waals surface area (Å²) >= 11 is 0. The van der Waals surface area contributed by atoms with E-state index in [1.807, 2.05) is 6.92 Å². The van der Waals surface area contributed by atoms with Gasteiger partial charge in [-0.2, -0.15) is 13.2 Å². The lowest BCUT2D eigenvalue weighted by atomic mass is 10.1. The maximum Gasteiger partial charge on any atom is 0.419 e. The second kappa shape index (κ2) is 4.84. The summed E-state index contributed by atoms with van der Waals surface area (Å²) in [6.45, 7) is 1.97. The molecule has 1 aliphatic rings. The first-order valence-electron chi connectivity index (χ1n) is 7.64. The molecule has 6 nitrogen and oxygen atoms in total. The van der Waals surface area contributed by atoms with E-state index in [1.165, 1.54) is 6.20 Å². The molecule has 25 heavy (non-hydrogen) atoms. The summed E-state index contributed by atoms with van der Waals surface area (Å²) in [6.07, 6.45) is 0.779. The fourth-order valence-corrected chi connectivity index (χ4v) is 2.97. The Kier molecular flexibility index (Phi) is 3.03. The van der Waals surface area contributed by atoms with Crippen LogP contribution in [-0.4, -0.2) is 19.5 Å². The predicted molar refractivity (Wildman–Crippen MR) is 85.9 cm³/mol. The van der Waals surface area contributed by atoms with Gasteiger partial charge in [0.1, 0.15) is 11.1 Å². The van der Waals surface area contributed by atoms with E-state index in [9.17, 15) is 18.0 Å². The molecule has 0 unspecified atom stereocenters. The number of anilines is 1. The van der Waals surface area contributed by atoms with Crippen molar-refractivity contribution in [1.29, 1.82) is 0 Å². The number of rotatable bonds is 2. The van der Waals surface area contributed by atoms with E-state index in [4.69, 9.17) is 5.73 Å². The Morgan fingerprint density at radius 3 is 2.72 bits per heavy atom. The summed E-state index contributed by atoms with van der Waals surface area (Å²) in [5.41, 5.74) is 4.06. The molecule has 0 saturated heterocycles. The molecular weight excluding hydrogens is 335 g/mol. The Hall–Kier alpha value is -2.84. The van der Waals surface area contributed by atoms with Gasteiger partial charge in [0.25, 0.3) is 5.56 Å². The molecule has 0 atom stereocenters. The Morgan fingerprint density at radius 2 is 2.08 bits per heavy atom. The van der Waals surface area contributed by atoms with E-state index in [-0.39, 0.29) is 33.8 Å². The molecule has 1 aliphatic carbocycles. The standard InChI is InChI=1S/C16H14F3N5O/c1-15(3-4-15)24-5-2-8-9(6-21-12(8)13(24)25)11-10(16(17,18)19)7-22-14(20)23-11/h2,5-7,21H,3-4H2,1H3,(H2,20,22,23). The summed E-state index contributed by atoms with van der Waals surface area (Å²) in [5, 5.41) is 0.370. The first-order valence-corrected chi connectivity index (χ1v) is 7.64. The van der Waals surface area contributed by atoms with Crippen molar-refractivity contribution in [3.8, 4) is 11.3 Å². The molecule has 0 aromatic carbocycles. The van der Waals surface area contributed by atoms with Crippen molar-refractivity contribution in [2.45, 2.75) is 31.5 Å². The highest BCUT2D eigenvalue weighted by atomic mass is 19.4. The number of H-pyrrole nitrogens is 1. The third-order valence-corrected chi connectivity index (χ3v) is 4.67. The Bertz CT molecular complexity index is 1050. The van der Waals surface area contributed by atoms with Crippen molar-refractivity contribution in [1.82, 2.24) is 19.5 Å². The first kappa shape index (κ1) is 15.7. The van der Waals surface area contributed by atoms with Crippen molar-refractivity contribution in [3.05, 3.63) is 40.6 Å². The van der Waals surface area contributed by atoms with Crippen LogP contribution in [0.1, 0.15) is 25.3 Å². The van der Waals surface area contributed by atoms with Crippen LogP contribution in [0.15, 0.2) is 29.5 Å². The van der Waals surface area contributed by atoms with Crippen molar-refractivity contribution in [2.75, 3.05) is 5.73 Å². The van der Waals surface area contributed by atoms with Gasteiger partial charge in [0.05, 0.1) is 5.69 Å². The van der Waals surface area contributed by atoms with Crippen molar-refractivity contribution >= 4 is 16.9 Å². The van der Waals surface area contributed by atoms with Crippen LogP contribution < -0.4 is 11.3 Å². The zero-order valence-electron chi connectivity index (χ0n) is 13.2. The van der Waals surface area contributed by atoms with Gasteiger partial charge in [-0.25, -0.2) is 9.97 Å². The van der Waals surface area contributed by atoms with Crippen molar-refractivity contribution < 1.29 is 13.2 Å². The van der Waals surface area contributed by atoms with Crippen molar-refractivity contribution in [2.24, 2.45) is 0 Å². The molecule has 9 heteroatoms. The van der Waals surface area contributed by atoms with E-state index in [2.05, 4.69) is 15.0 Å². The highest BCUT2D eigenvalue weighted by molar-refractivity contribution is 5.95. The van der Waals surface area contributed by atoms with Crippen molar-refractivity contribution in [3.63, 3.8) is 0 Å². The van der Waals surface area contributed by atoms with E-state index < -0.39 is 11.7 Å². The molecule has 3 heterocycles. The Labute approximate surface area is 139 Å². The Balaban J connectivity index is 1.97. The lowest BCUT2D eigenvalue weighted by Crippen LogP contribution is -2.27. The Morgan fingerprint density at radius 1 is 1.36 bits per heavy atom. The van der Waals surface area contributed by atoms with Crippen LogP contribution in [0.5, 0.6) is 0 Å². The number of alkyl halides is 3. The normalized spacial score (nSPS) is 16.3. The SMILES string of the molecule is CC1(n2ccc3c(-c4nc(N)ncc4C(F)(F)F)c[nH]c3c2=O)CC1. The fraction of sp³-hybridized carbons (Fsp3) is 0.312. The highest BCUT2D eigenvalue weighted by Gasteiger charge is 2.40. The third kappa shape index (κ3) is 2.38. The largest absolute Gasteiger partial charge is 0.419 e. The summed E-state index contributed by atoms with van der Waals surface area (Å²) in [5.74, 6) is -0.267. The highest BCUT2D eigenvalue weighted by Crippen LogP contribution is 2.42. The molecule has 4 rings (SSSR count). The number of aromatic amines is 1. The number of halogens is 3. The topological polar surface area (TPSA) is 89.6 Å². The fourth-order valence-electron chi connectivity index (χ4n) is 2.97. The average Bonchev–Trinajstić information content (AvgIpc) is 3.11. The number of hydrogen-bond donors (Lipinski definition) is 2. The molecule has 0 amide bonds. The molecule has 1 fully saturated rings. The number of aromatic nitrogens is 4. The minimum absolute atomic E-state index is 0.168. The van der Waals surface area contributed by atoms with Gasteiger partial charge in [-0.3, -0.25) is 4.79 Å². The van der Waals surface area contributed by atoms with Gasteiger partial charge in [-0.15, -0.1) is 0 Å². The van der Waals surface area contributed by atoms with Gasteiger partial charge in [0, 0.05) is 35.1 Å². The number of nitrogens with zero attached hydrogens (tertiary/aromatic N) is 3. The molecular formula is C16H14F3N5O. The number of nitrogens with two attached hydrogens (primary N) is 1. The summed E-state index contributed by atoms with van der Waals surface area (Å²) in [6, 6.07) is 1.63. The third-order valence-electron chi connectivity index (χ3n) is 4.67. The number of nitrogens with one attached hydrogen (secondary N) is 1. The number of pyridine rings is 1. The van der Waals surface area contributed by atoms with Gasteiger partial charge >= 0.3 is 6.18 Å². The molecule has 3 aromatic rings. The van der Waals surface area contributed by atoms with Gasteiger partial charge in [-0.1, -0.05) is 0 Å². The molecule has 0 bridgehead atoms. The van der Waals surface area contributed by atoms with Crippen LogP contribution in [-0.2, 0) is 11.7 Å². The lowest BCUT2D eigenvalue weighted by Gasteiger charge is -2.13. The minimum Gasteiger partial charge on any atom is -0.368 e. The molecule has 130 valence electrons. The van der Waals surface area contributed by atoms with Crippen LogP contribution >= 0.6 is 0 Å². The smallest absolute Gasteiger partial charge is 0.368 e. The van der Waals surface area contributed by atoms with Gasteiger partial charge < -0.3 is 15.3 Å². The molecule has 3 N–H and O–H groups in total.